The van der Waals surface area contributed by atoms with Crippen molar-refractivity contribution in [3.8, 4) is 0 Å². The molecular formula is C13H21N3. The lowest BCUT2D eigenvalue weighted by molar-refractivity contribution is 0.579. The monoisotopic (exact) mass is 219 g/mol. The van der Waals surface area contributed by atoms with Crippen LogP contribution in [0.1, 0.15) is 44.2 Å². The van der Waals surface area contributed by atoms with E-state index in [0.29, 0.717) is 6.04 Å². The molecule has 0 aliphatic heterocycles. The second-order valence-electron chi connectivity index (χ2n) is 5.40. The number of aryl methyl sites for hydroxylation is 2. The standard InChI is InChI=1S/C13H21N3/c1-10-9-16(8-2-3-11-4-5-11)13(14-10)15-12-6-7-12/h9,11-12H,2-8H2,1H3,(H,14,15). The summed E-state index contributed by atoms with van der Waals surface area (Å²) in [6, 6.07) is 0.698. The number of hydrogen-bond donors (Lipinski definition) is 1. The lowest BCUT2D eigenvalue weighted by atomic mass is 10.2. The van der Waals surface area contributed by atoms with E-state index in [1.54, 1.807) is 0 Å². The zero-order valence-corrected chi connectivity index (χ0v) is 10.1. The van der Waals surface area contributed by atoms with Crippen LogP contribution in [0.2, 0.25) is 0 Å². The average molecular weight is 219 g/mol. The summed E-state index contributed by atoms with van der Waals surface area (Å²) in [4.78, 5) is 4.56. The maximum absolute atomic E-state index is 4.56. The molecule has 0 saturated heterocycles. The second kappa shape index (κ2) is 4.11. The summed E-state index contributed by atoms with van der Waals surface area (Å²) in [5, 5.41) is 3.51. The van der Waals surface area contributed by atoms with E-state index in [2.05, 4.69) is 28.0 Å². The third-order valence-corrected chi connectivity index (χ3v) is 3.52. The van der Waals surface area contributed by atoms with Gasteiger partial charge in [-0.25, -0.2) is 4.98 Å². The average Bonchev–Trinajstić information content (AvgIpc) is 3.09. The Morgan fingerprint density at radius 3 is 2.88 bits per heavy atom. The van der Waals surface area contributed by atoms with Crippen LogP contribution in [-0.4, -0.2) is 15.6 Å². The third-order valence-electron chi connectivity index (χ3n) is 3.52. The molecule has 2 fully saturated rings. The minimum atomic E-state index is 0.698. The molecule has 1 aromatic rings. The van der Waals surface area contributed by atoms with Gasteiger partial charge in [-0.05, 0) is 38.5 Å². The van der Waals surface area contributed by atoms with Gasteiger partial charge in [0, 0.05) is 18.8 Å². The molecule has 0 spiro atoms. The molecule has 0 unspecified atom stereocenters. The van der Waals surface area contributed by atoms with Gasteiger partial charge in [-0.15, -0.1) is 0 Å². The minimum absolute atomic E-state index is 0.698. The number of rotatable bonds is 6. The third kappa shape index (κ3) is 2.57. The first kappa shape index (κ1) is 10.2. The fourth-order valence-corrected chi connectivity index (χ4v) is 2.20. The first-order valence-electron chi connectivity index (χ1n) is 6.61. The maximum atomic E-state index is 4.56. The van der Waals surface area contributed by atoms with E-state index in [9.17, 15) is 0 Å². The van der Waals surface area contributed by atoms with Crippen LogP contribution < -0.4 is 5.32 Å². The van der Waals surface area contributed by atoms with Gasteiger partial charge in [-0.2, -0.15) is 0 Å². The van der Waals surface area contributed by atoms with Crippen molar-refractivity contribution in [3.05, 3.63) is 11.9 Å². The number of nitrogens with one attached hydrogen (secondary N) is 1. The smallest absolute Gasteiger partial charge is 0.203 e. The SMILES string of the molecule is Cc1cn(CCCC2CC2)c(NC2CC2)n1. The Hall–Kier alpha value is -0.990. The zero-order chi connectivity index (χ0) is 11.0. The predicted molar refractivity (Wildman–Crippen MR) is 65.6 cm³/mol. The second-order valence-corrected chi connectivity index (χ2v) is 5.40. The molecule has 2 aliphatic carbocycles. The Kier molecular flexibility index (Phi) is 2.62. The Morgan fingerprint density at radius 1 is 1.38 bits per heavy atom. The van der Waals surface area contributed by atoms with E-state index in [1.807, 2.05) is 0 Å². The van der Waals surface area contributed by atoms with Gasteiger partial charge in [-0.1, -0.05) is 12.8 Å². The van der Waals surface area contributed by atoms with E-state index in [-0.39, 0.29) is 0 Å². The number of imidazole rings is 1. The minimum Gasteiger partial charge on any atom is -0.353 e. The molecule has 1 aromatic heterocycles. The van der Waals surface area contributed by atoms with Crippen LogP contribution in [0.4, 0.5) is 5.95 Å². The van der Waals surface area contributed by atoms with E-state index in [4.69, 9.17) is 0 Å². The van der Waals surface area contributed by atoms with Gasteiger partial charge >= 0.3 is 0 Å². The van der Waals surface area contributed by atoms with Gasteiger partial charge in [-0.3, -0.25) is 0 Å². The Balaban J connectivity index is 1.56. The summed E-state index contributed by atoms with van der Waals surface area (Å²) in [6.45, 7) is 3.21. The molecule has 0 bridgehead atoms. The van der Waals surface area contributed by atoms with Crippen molar-refractivity contribution < 1.29 is 0 Å². The molecule has 3 heteroatoms. The van der Waals surface area contributed by atoms with E-state index < -0.39 is 0 Å². The first-order chi connectivity index (χ1) is 7.81. The molecule has 16 heavy (non-hydrogen) atoms. The van der Waals surface area contributed by atoms with Crippen molar-refractivity contribution in [1.29, 1.82) is 0 Å². The highest BCUT2D eigenvalue weighted by Gasteiger charge is 2.23. The van der Waals surface area contributed by atoms with Crippen LogP contribution in [0.5, 0.6) is 0 Å². The summed E-state index contributed by atoms with van der Waals surface area (Å²) in [5.41, 5.74) is 1.13. The molecule has 1 N–H and O–H groups in total. The van der Waals surface area contributed by atoms with Crippen LogP contribution >= 0.6 is 0 Å². The predicted octanol–water partition coefficient (Wildman–Crippen LogP) is 2.96. The van der Waals surface area contributed by atoms with Crippen LogP contribution in [0.15, 0.2) is 6.20 Å². The summed E-state index contributed by atoms with van der Waals surface area (Å²) < 4.78 is 2.30. The van der Waals surface area contributed by atoms with Crippen molar-refractivity contribution in [1.82, 2.24) is 9.55 Å². The van der Waals surface area contributed by atoms with Gasteiger partial charge in [0.1, 0.15) is 0 Å². The molecular weight excluding hydrogens is 198 g/mol. The number of hydrogen-bond acceptors (Lipinski definition) is 2. The van der Waals surface area contributed by atoms with Gasteiger partial charge < -0.3 is 9.88 Å². The lowest BCUT2D eigenvalue weighted by Crippen LogP contribution is -2.09. The Labute approximate surface area is 97.3 Å². The molecule has 0 amide bonds. The van der Waals surface area contributed by atoms with Crippen molar-refractivity contribution in [2.24, 2.45) is 5.92 Å². The molecule has 3 rings (SSSR count). The summed E-state index contributed by atoms with van der Waals surface area (Å²) in [6.07, 6.45) is 10.5. The quantitative estimate of drug-likeness (QED) is 0.797. The molecule has 0 atom stereocenters. The van der Waals surface area contributed by atoms with E-state index in [0.717, 1.165) is 24.1 Å². The van der Waals surface area contributed by atoms with Crippen molar-refractivity contribution in [2.75, 3.05) is 5.32 Å². The number of aromatic nitrogens is 2. The molecule has 3 nitrogen and oxygen atoms in total. The van der Waals surface area contributed by atoms with Gasteiger partial charge in [0.2, 0.25) is 5.95 Å². The van der Waals surface area contributed by atoms with E-state index >= 15 is 0 Å². The van der Waals surface area contributed by atoms with Crippen molar-refractivity contribution >= 4 is 5.95 Å². The fourth-order valence-electron chi connectivity index (χ4n) is 2.20. The van der Waals surface area contributed by atoms with Gasteiger partial charge in [0.15, 0.2) is 0 Å². The molecule has 2 saturated carbocycles. The van der Waals surface area contributed by atoms with Crippen molar-refractivity contribution in [3.63, 3.8) is 0 Å². The molecule has 1 heterocycles. The Morgan fingerprint density at radius 2 is 2.19 bits per heavy atom. The maximum Gasteiger partial charge on any atom is 0.203 e. The molecule has 0 radical (unpaired) electrons. The number of nitrogens with zero attached hydrogens (tertiary/aromatic N) is 2. The Bertz CT molecular complexity index is 361. The fraction of sp³-hybridized carbons (Fsp3) is 0.769. The van der Waals surface area contributed by atoms with Crippen LogP contribution in [-0.2, 0) is 6.54 Å². The van der Waals surface area contributed by atoms with Crippen LogP contribution in [0.3, 0.4) is 0 Å². The highest BCUT2D eigenvalue weighted by atomic mass is 15.2. The van der Waals surface area contributed by atoms with Crippen LogP contribution in [0.25, 0.3) is 0 Å². The summed E-state index contributed by atoms with van der Waals surface area (Å²) >= 11 is 0. The molecule has 88 valence electrons. The largest absolute Gasteiger partial charge is 0.353 e. The lowest BCUT2D eigenvalue weighted by Gasteiger charge is -2.08. The van der Waals surface area contributed by atoms with E-state index in [1.165, 1.54) is 38.5 Å². The highest BCUT2D eigenvalue weighted by Crippen LogP contribution is 2.33. The zero-order valence-electron chi connectivity index (χ0n) is 10.1. The van der Waals surface area contributed by atoms with Gasteiger partial charge in [0.05, 0.1) is 5.69 Å². The number of anilines is 1. The van der Waals surface area contributed by atoms with Gasteiger partial charge in [0.25, 0.3) is 0 Å². The summed E-state index contributed by atoms with van der Waals surface area (Å²) in [5.74, 6) is 2.14. The normalized spacial score (nSPS) is 20.1. The summed E-state index contributed by atoms with van der Waals surface area (Å²) in [7, 11) is 0. The van der Waals surface area contributed by atoms with Crippen molar-refractivity contribution in [2.45, 2.75) is 58.0 Å². The van der Waals surface area contributed by atoms with Crippen LogP contribution in [0, 0.1) is 12.8 Å². The molecule has 2 aliphatic rings. The molecule has 0 aromatic carbocycles. The first-order valence-corrected chi connectivity index (χ1v) is 6.61. The topological polar surface area (TPSA) is 29.9 Å². The highest BCUT2D eigenvalue weighted by molar-refractivity contribution is 5.32.